The first-order chi connectivity index (χ1) is 9.20. The van der Waals surface area contributed by atoms with E-state index in [1.54, 1.807) is 19.1 Å². The summed E-state index contributed by atoms with van der Waals surface area (Å²) in [5.41, 5.74) is 1.89. The Kier molecular flexibility index (Phi) is 4.03. The number of aromatic hydroxyl groups is 1. The quantitative estimate of drug-likeness (QED) is 0.502. The van der Waals surface area contributed by atoms with E-state index in [0.717, 1.165) is 5.56 Å². The molecule has 0 fully saturated rings. The van der Waals surface area contributed by atoms with Crippen LogP contribution in [0.4, 0.5) is 0 Å². The van der Waals surface area contributed by atoms with Crippen LogP contribution in [-0.4, -0.2) is 16.0 Å². The lowest BCUT2D eigenvalue weighted by molar-refractivity contribution is 0.304. The van der Waals surface area contributed by atoms with Crippen molar-refractivity contribution in [3.05, 3.63) is 59.7 Å². The Hall–Kier alpha value is -2.49. The Morgan fingerprint density at radius 1 is 1.16 bits per heavy atom. The van der Waals surface area contributed by atoms with E-state index in [1.807, 2.05) is 30.3 Å². The van der Waals surface area contributed by atoms with Crippen LogP contribution in [0.3, 0.4) is 0 Å². The van der Waals surface area contributed by atoms with Gasteiger partial charge in [-0.2, -0.15) is 0 Å². The highest BCUT2D eigenvalue weighted by molar-refractivity contribution is 6.00. The van der Waals surface area contributed by atoms with Gasteiger partial charge >= 0.3 is 0 Å². The van der Waals surface area contributed by atoms with Crippen LogP contribution in [-0.2, 0) is 6.61 Å². The lowest BCUT2D eigenvalue weighted by atomic mass is 10.1. The van der Waals surface area contributed by atoms with E-state index in [1.165, 1.54) is 6.07 Å². The van der Waals surface area contributed by atoms with Crippen molar-refractivity contribution >= 4 is 5.71 Å². The smallest absolute Gasteiger partial charge is 0.128 e. The summed E-state index contributed by atoms with van der Waals surface area (Å²) in [6.45, 7) is 2.05. The highest BCUT2D eigenvalue weighted by Crippen LogP contribution is 2.24. The molecule has 0 radical (unpaired) electrons. The highest BCUT2D eigenvalue weighted by Gasteiger charge is 2.06. The minimum atomic E-state index is 0.0286. The van der Waals surface area contributed by atoms with Crippen molar-refractivity contribution in [2.75, 3.05) is 0 Å². The molecule has 0 amide bonds. The zero-order chi connectivity index (χ0) is 13.7. The first-order valence-corrected chi connectivity index (χ1v) is 5.89. The van der Waals surface area contributed by atoms with Crippen LogP contribution >= 0.6 is 0 Å². The third kappa shape index (κ3) is 3.25. The first-order valence-electron chi connectivity index (χ1n) is 5.89. The van der Waals surface area contributed by atoms with Crippen LogP contribution in [0, 0.1) is 0 Å². The Bertz CT molecular complexity index is 579. The van der Waals surface area contributed by atoms with Gasteiger partial charge in [0.2, 0.25) is 0 Å². The molecule has 0 aromatic heterocycles. The standard InChI is InChI=1S/C15H15NO3/c1-11(16-18)14-8-7-13(9-15(14)17)19-10-12-5-3-2-4-6-12/h2-9,17-18H,10H2,1H3. The average molecular weight is 257 g/mol. The third-order valence-electron chi connectivity index (χ3n) is 2.76. The van der Waals surface area contributed by atoms with Gasteiger partial charge in [0.25, 0.3) is 0 Å². The van der Waals surface area contributed by atoms with Gasteiger partial charge in [0.05, 0.1) is 5.71 Å². The van der Waals surface area contributed by atoms with Crippen LogP contribution in [0.1, 0.15) is 18.1 Å². The molecule has 2 aromatic carbocycles. The predicted octanol–water partition coefficient (Wildman–Crippen LogP) is 3.17. The maximum atomic E-state index is 9.82. The maximum absolute atomic E-state index is 9.82. The summed E-state index contributed by atoms with van der Waals surface area (Å²) >= 11 is 0. The van der Waals surface area contributed by atoms with Gasteiger partial charge < -0.3 is 15.1 Å². The molecule has 2 aromatic rings. The summed E-state index contributed by atoms with van der Waals surface area (Å²) in [6.07, 6.45) is 0. The van der Waals surface area contributed by atoms with Crippen molar-refractivity contribution in [2.45, 2.75) is 13.5 Å². The molecule has 0 spiro atoms. The number of nitrogens with zero attached hydrogens (tertiary/aromatic N) is 1. The zero-order valence-electron chi connectivity index (χ0n) is 10.6. The van der Waals surface area contributed by atoms with Gasteiger partial charge in [0, 0.05) is 11.6 Å². The second-order valence-corrected chi connectivity index (χ2v) is 4.14. The van der Waals surface area contributed by atoms with Crippen LogP contribution in [0.5, 0.6) is 11.5 Å². The van der Waals surface area contributed by atoms with Gasteiger partial charge in [-0.05, 0) is 24.6 Å². The van der Waals surface area contributed by atoms with E-state index >= 15 is 0 Å². The molecular formula is C15H15NO3. The summed E-state index contributed by atoms with van der Waals surface area (Å²) in [6, 6.07) is 14.7. The lowest BCUT2D eigenvalue weighted by Crippen LogP contribution is -1.98. The molecule has 2 N–H and O–H groups in total. The number of phenols is 1. The number of phenolic OH excluding ortho intramolecular Hbond substituents is 1. The number of oxime groups is 1. The maximum Gasteiger partial charge on any atom is 0.128 e. The van der Waals surface area contributed by atoms with Gasteiger partial charge in [-0.25, -0.2) is 0 Å². The number of hydrogen-bond acceptors (Lipinski definition) is 4. The fourth-order valence-electron chi connectivity index (χ4n) is 1.70. The van der Waals surface area contributed by atoms with E-state index in [2.05, 4.69) is 5.16 Å². The molecule has 0 bridgehead atoms. The molecule has 0 aliphatic heterocycles. The number of hydrogen-bond donors (Lipinski definition) is 2. The Morgan fingerprint density at radius 3 is 2.53 bits per heavy atom. The normalized spacial score (nSPS) is 11.3. The summed E-state index contributed by atoms with van der Waals surface area (Å²) in [7, 11) is 0. The van der Waals surface area contributed by atoms with Crippen molar-refractivity contribution in [3.8, 4) is 11.5 Å². The molecule has 0 aliphatic rings. The topological polar surface area (TPSA) is 62.1 Å². The molecule has 0 saturated heterocycles. The van der Waals surface area contributed by atoms with Gasteiger partial charge in [-0.15, -0.1) is 0 Å². The van der Waals surface area contributed by atoms with Crippen molar-refractivity contribution in [1.82, 2.24) is 0 Å². The fourth-order valence-corrected chi connectivity index (χ4v) is 1.70. The Balaban J connectivity index is 2.09. The lowest BCUT2D eigenvalue weighted by Gasteiger charge is -2.08. The van der Waals surface area contributed by atoms with Crippen molar-refractivity contribution < 1.29 is 15.1 Å². The van der Waals surface area contributed by atoms with Crippen LogP contribution in [0.25, 0.3) is 0 Å². The van der Waals surface area contributed by atoms with Gasteiger partial charge in [-0.1, -0.05) is 35.5 Å². The molecule has 0 atom stereocenters. The van der Waals surface area contributed by atoms with Crippen molar-refractivity contribution in [3.63, 3.8) is 0 Å². The van der Waals surface area contributed by atoms with Crippen molar-refractivity contribution in [1.29, 1.82) is 0 Å². The fraction of sp³-hybridized carbons (Fsp3) is 0.133. The highest BCUT2D eigenvalue weighted by atomic mass is 16.5. The molecule has 0 aliphatic carbocycles. The average Bonchev–Trinajstić information content (AvgIpc) is 2.45. The number of ether oxygens (including phenoxy) is 1. The predicted molar refractivity (Wildman–Crippen MR) is 72.9 cm³/mol. The first kappa shape index (κ1) is 13.0. The molecule has 2 rings (SSSR count). The van der Waals surface area contributed by atoms with E-state index < -0.39 is 0 Å². The van der Waals surface area contributed by atoms with Crippen molar-refractivity contribution in [2.24, 2.45) is 5.16 Å². The van der Waals surface area contributed by atoms with E-state index in [9.17, 15) is 5.11 Å². The number of benzene rings is 2. The summed E-state index contributed by atoms with van der Waals surface area (Å²) in [4.78, 5) is 0. The van der Waals surface area contributed by atoms with Crippen LogP contribution in [0.15, 0.2) is 53.7 Å². The van der Waals surface area contributed by atoms with Gasteiger partial charge in [0.1, 0.15) is 18.1 Å². The zero-order valence-corrected chi connectivity index (χ0v) is 10.6. The summed E-state index contributed by atoms with van der Waals surface area (Å²) in [5.74, 6) is 0.594. The van der Waals surface area contributed by atoms with Crippen LogP contribution in [0.2, 0.25) is 0 Å². The SMILES string of the molecule is CC(=NO)c1ccc(OCc2ccccc2)cc1O. The molecule has 0 heterocycles. The molecule has 19 heavy (non-hydrogen) atoms. The molecule has 4 nitrogen and oxygen atoms in total. The molecule has 0 saturated carbocycles. The second kappa shape index (κ2) is 5.91. The van der Waals surface area contributed by atoms with Gasteiger partial charge in [0.15, 0.2) is 0 Å². The van der Waals surface area contributed by atoms with Crippen LogP contribution < -0.4 is 4.74 Å². The summed E-state index contributed by atoms with van der Waals surface area (Å²) in [5, 5.41) is 21.6. The molecule has 4 heteroatoms. The Labute approximate surface area is 111 Å². The molecule has 98 valence electrons. The minimum absolute atomic E-state index is 0.0286. The van der Waals surface area contributed by atoms with E-state index in [-0.39, 0.29) is 5.75 Å². The monoisotopic (exact) mass is 257 g/mol. The Morgan fingerprint density at radius 2 is 1.89 bits per heavy atom. The van der Waals surface area contributed by atoms with E-state index in [0.29, 0.717) is 23.6 Å². The second-order valence-electron chi connectivity index (χ2n) is 4.14. The molecular weight excluding hydrogens is 242 g/mol. The minimum Gasteiger partial charge on any atom is -0.507 e. The summed E-state index contributed by atoms with van der Waals surface area (Å²) < 4.78 is 5.58. The number of rotatable bonds is 4. The molecule has 0 unspecified atom stereocenters. The largest absolute Gasteiger partial charge is 0.507 e. The third-order valence-corrected chi connectivity index (χ3v) is 2.76. The van der Waals surface area contributed by atoms with Gasteiger partial charge in [-0.3, -0.25) is 0 Å². The van der Waals surface area contributed by atoms with E-state index in [4.69, 9.17) is 9.94 Å².